The normalized spacial score (nSPS) is 11.6. The van der Waals surface area contributed by atoms with Crippen LogP contribution in [0.1, 0.15) is 16.9 Å². The Hall–Kier alpha value is -1.31. The van der Waals surface area contributed by atoms with E-state index in [-0.39, 0.29) is 21.9 Å². The Morgan fingerprint density at radius 2 is 2.05 bits per heavy atom. The van der Waals surface area contributed by atoms with Gasteiger partial charge in [-0.05, 0) is 47.0 Å². The molecule has 108 valence electrons. The fourth-order valence-electron chi connectivity index (χ4n) is 1.72. The van der Waals surface area contributed by atoms with Gasteiger partial charge in [-0.3, -0.25) is 4.72 Å². The van der Waals surface area contributed by atoms with Crippen LogP contribution < -0.4 is 4.72 Å². The van der Waals surface area contributed by atoms with Crippen LogP contribution in [0.5, 0.6) is 0 Å². The zero-order chi connectivity index (χ0) is 14.9. The molecule has 0 unspecified atom stereocenters. The van der Waals surface area contributed by atoms with Crippen molar-refractivity contribution in [3.05, 3.63) is 45.8 Å². The zero-order valence-corrected chi connectivity index (χ0v) is 13.4. The maximum atomic E-state index is 12.3. The molecule has 0 saturated heterocycles. The molecule has 20 heavy (non-hydrogen) atoms. The Bertz CT molecular complexity index is 737. The number of halogens is 1. The predicted molar refractivity (Wildman–Crippen MR) is 79.1 cm³/mol. The minimum Gasteiger partial charge on any atom is -0.450 e. The van der Waals surface area contributed by atoms with E-state index in [1.54, 1.807) is 12.1 Å². The largest absolute Gasteiger partial charge is 0.450 e. The fourth-order valence-corrected chi connectivity index (χ4v) is 3.84. The number of rotatable bonds is 4. The summed E-state index contributed by atoms with van der Waals surface area (Å²) < 4.78 is 32.3. The molecule has 2 rings (SSSR count). The molecule has 0 atom stereocenters. The fraction of sp³-hybridized carbons (Fsp3) is 0.231. The topological polar surface area (TPSA) is 79.5 Å². The Morgan fingerprint density at radius 3 is 2.65 bits per heavy atom. The minimum absolute atomic E-state index is 0.0394. The van der Waals surface area contributed by atoms with Crippen LogP contribution in [0.4, 0.5) is 5.69 Å². The van der Waals surface area contributed by atoms with E-state index in [1.807, 2.05) is 19.9 Å². The first-order chi connectivity index (χ1) is 9.35. The van der Waals surface area contributed by atoms with Crippen LogP contribution in [0.25, 0.3) is 0 Å². The number of nitrogens with one attached hydrogen (secondary N) is 1. The molecule has 0 aliphatic rings. The average molecular weight is 360 g/mol. The molecule has 7 heteroatoms. The van der Waals surface area contributed by atoms with Gasteiger partial charge in [0.2, 0.25) is 0 Å². The number of aliphatic hydroxyl groups excluding tert-OH is 1. The molecule has 0 amide bonds. The average Bonchev–Trinajstić information content (AvgIpc) is 2.77. The number of hydrogen-bond acceptors (Lipinski definition) is 4. The summed E-state index contributed by atoms with van der Waals surface area (Å²) in [5, 5.41) is 8.98. The molecule has 1 heterocycles. The molecule has 0 radical (unpaired) electrons. The van der Waals surface area contributed by atoms with Crippen molar-refractivity contribution in [3.63, 3.8) is 0 Å². The summed E-state index contributed by atoms with van der Waals surface area (Å²) in [7, 11) is -3.77. The number of hydrogen-bond donors (Lipinski definition) is 2. The summed E-state index contributed by atoms with van der Waals surface area (Å²) in [6.07, 6.45) is 0. The van der Waals surface area contributed by atoms with Crippen LogP contribution in [-0.2, 0) is 16.6 Å². The second-order valence-electron chi connectivity index (χ2n) is 4.36. The number of furan rings is 1. The first kappa shape index (κ1) is 15.1. The molecule has 0 spiro atoms. The van der Waals surface area contributed by atoms with E-state index in [1.165, 1.54) is 6.07 Å². The van der Waals surface area contributed by atoms with Crippen LogP contribution in [-0.4, -0.2) is 13.5 Å². The molecule has 2 aromatic rings. The van der Waals surface area contributed by atoms with E-state index in [4.69, 9.17) is 9.52 Å². The highest BCUT2D eigenvalue weighted by molar-refractivity contribution is 9.10. The first-order valence-electron chi connectivity index (χ1n) is 5.83. The SMILES string of the molecule is Cc1cccc(NS(=O)(=O)c2cc(CO)oc2Br)c1C. The van der Waals surface area contributed by atoms with Crippen LogP contribution in [0.15, 0.2) is 38.2 Å². The van der Waals surface area contributed by atoms with E-state index in [0.717, 1.165) is 11.1 Å². The van der Waals surface area contributed by atoms with E-state index in [2.05, 4.69) is 20.7 Å². The summed E-state index contributed by atoms with van der Waals surface area (Å²) in [6.45, 7) is 3.39. The van der Waals surface area contributed by atoms with Gasteiger partial charge >= 0.3 is 0 Å². The van der Waals surface area contributed by atoms with E-state index in [0.29, 0.717) is 5.69 Å². The second-order valence-corrected chi connectivity index (χ2v) is 6.73. The summed E-state index contributed by atoms with van der Waals surface area (Å²) in [4.78, 5) is -0.0394. The maximum Gasteiger partial charge on any atom is 0.266 e. The molecule has 1 aromatic heterocycles. The predicted octanol–water partition coefficient (Wildman–Crippen LogP) is 2.95. The Labute approximate surface area is 125 Å². The lowest BCUT2D eigenvalue weighted by Crippen LogP contribution is -2.13. The van der Waals surface area contributed by atoms with Crippen molar-refractivity contribution in [1.82, 2.24) is 0 Å². The summed E-state index contributed by atoms with van der Waals surface area (Å²) in [6, 6.07) is 6.67. The number of sulfonamides is 1. The highest BCUT2D eigenvalue weighted by Crippen LogP contribution is 2.29. The Morgan fingerprint density at radius 1 is 1.35 bits per heavy atom. The monoisotopic (exact) mass is 359 g/mol. The van der Waals surface area contributed by atoms with Gasteiger partial charge in [0.05, 0.1) is 5.69 Å². The van der Waals surface area contributed by atoms with Crippen molar-refractivity contribution in [2.24, 2.45) is 0 Å². The lowest BCUT2D eigenvalue weighted by atomic mass is 10.1. The third-order valence-corrected chi connectivity index (χ3v) is 5.22. The molecule has 5 nitrogen and oxygen atoms in total. The van der Waals surface area contributed by atoms with Gasteiger partial charge in [-0.25, -0.2) is 8.42 Å². The van der Waals surface area contributed by atoms with Crippen molar-refractivity contribution < 1.29 is 17.9 Å². The Balaban J connectivity index is 2.40. The molecule has 0 fully saturated rings. The quantitative estimate of drug-likeness (QED) is 0.879. The standard InChI is InChI=1S/C13H14BrNO4S/c1-8-4-3-5-11(9(8)2)15-20(17,18)12-6-10(7-16)19-13(12)14/h3-6,15-16H,7H2,1-2H3. The van der Waals surface area contributed by atoms with Crippen molar-refractivity contribution in [2.75, 3.05) is 4.72 Å². The number of anilines is 1. The lowest BCUT2D eigenvalue weighted by Gasteiger charge is -2.11. The molecule has 1 aromatic carbocycles. The molecule has 0 aliphatic heterocycles. The van der Waals surface area contributed by atoms with Gasteiger partial charge in [0.25, 0.3) is 10.0 Å². The highest BCUT2D eigenvalue weighted by atomic mass is 79.9. The zero-order valence-electron chi connectivity index (χ0n) is 11.0. The molecule has 0 saturated carbocycles. The summed E-state index contributed by atoms with van der Waals surface area (Å²) >= 11 is 3.04. The van der Waals surface area contributed by atoms with Crippen molar-refractivity contribution in [1.29, 1.82) is 0 Å². The van der Waals surface area contributed by atoms with Crippen LogP contribution in [0, 0.1) is 13.8 Å². The Kier molecular flexibility index (Phi) is 4.22. The number of aliphatic hydroxyl groups is 1. The maximum absolute atomic E-state index is 12.3. The summed E-state index contributed by atoms with van der Waals surface area (Å²) in [5.41, 5.74) is 2.37. The van der Waals surface area contributed by atoms with Gasteiger partial charge in [0.15, 0.2) is 4.67 Å². The number of aryl methyl sites for hydroxylation is 1. The van der Waals surface area contributed by atoms with Gasteiger partial charge in [-0.2, -0.15) is 0 Å². The lowest BCUT2D eigenvalue weighted by molar-refractivity contribution is 0.245. The smallest absolute Gasteiger partial charge is 0.266 e. The molecule has 0 bridgehead atoms. The first-order valence-corrected chi connectivity index (χ1v) is 8.11. The third kappa shape index (κ3) is 2.89. The van der Waals surface area contributed by atoms with E-state index < -0.39 is 10.0 Å². The highest BCUT2D eigenvalue weighted by Gasteiger charge is 2.23. The van der Waals surface area contributed by atoms with Crippen LogP contribution >= 0.6 is 15.9 Å². The van der Waals surface area contributed by atoms with Gasteiger partial charge in [-0.1, -0.05) is 12.1 Å². The summed E-state index contributed by atoms with van der Waals surface area (Å²) in [5.74, 6) is 0.179. The van der Waals surface area contributed by atoms with Crippen molar-refractivity contribution in [2.45, 2.75) is 25.3 Å². The minimum atomic E-state index is -3.77. The molecular formula is C13H14BrNO4S. The van der Waals surface area contributed by atoms with E-state index in [9.17, 15) is 8.42 Å². The van der Waals surface area contributed by atoms with Crippen molar-refractivity contribution in [3.8, 4) is 0 Å². The van der Waals surface area contributed by atoms with Gasteiger partial charge < -0.3 is 9.52 Å². The van der Waals surface area contributed by atoms with Gasteiger partial charge in [-0.15, -0.1) is 0 Å². The second kappa shape index (κ2) is 5.59. The van der Waals surface area contributed by atoms with Crippen LogP contribution in [0.3, 0.4) is 0 Å². The number of benzene rings is 1. The molecular weight excluding hydrogens is 346 g/mol. The molecule has 0 aliphatic carbocycles. The van der Waals surface area contributed by atoms with Gasteiger partial charge in [0, 0.05) is 6.07 Å². The van der Waals surface area contributed by atoms with Gasteiger partial charge in [0.1, 0.15) is 17.3 Å². The van der Waals surface area contributed by atoms with Crippen LogP contribution in [0.2, 0.25) is 0 Å². The van der Waals surface area contributed by atoms with E-state index >= 15 is 0 Å². The third-order valence-electron chi connectivity index (χ3n) is 3.00. The molecule has 2 N–H and O–H groups in total. The van der Waals surface area contributed by atoms with Crippen molar-refractivity contribution >= 4 is 31.6 Å².